The average molecular weight is 416 g/mol. The third-order valence-electron chi connectivity index (χ3n) is 4.48. The number of rotatable bonds is 5. The summed E-state index contributed by atoms with van der Waals surface area (Å²) in [5, 5.41) is 21.4. The Kier molecular flexibility index (Phi) is 5.06. The molecule has 1 unspecified atom stereocenters. The van der Waals surface area contributed by atoms with E-state index in [1.807, 2.05) is 13.0 Å². The summed E-state index contributed by atoms with van der Waals surface area (Å²) in [4.78, 5) is 1.41. The third-order valence-corrected chi connectivity index (χ3v) is 4.72. The molecule has 0 aliphatic carbocycles. The third kappa shape index (κ3) is 4.00. The van der Waals surface area contributed by atoms with Crippen LogP contribution < -0.4 is 0 Å². The van der Waals surface area contributed by atoms with E-state index < -0.39 is 11.6 Å². The topological polar surface area (TPSA) is 74.3 Å². The van der Waals surface area contributed by atoms with Crippen LogP contribution in [0.5, 0.6) is 0 Å². The van der Waals surface area contributed by atoms with E-state index in [4.69, 9.17) is 11.6 Å². The summed E-state index contributed by atoms with van der Waals surface area (Å²) >= 11 is 6.01. The van der Waals surface area contributed by atoms with Gasteiger partial charge in [-0.1, -0.05) is 24.6 Å². The Hall–Kier alpha value is -3.20. The van der Waals surface area contributed by atoms with Gasteiger partial charge >= 0.3 is 0 Å². The zero-order chi connectivity index (χ0) is 20.5. The van der Waals surface area contributed by atoms with E-state index in [0.717, 1.165) is 6.07 Å². The van der Waals surface area contributed by atoms with Crippen molar-refractivity contribution in [3.63, 3.8) is 0 Å². The zero-order valence-corrected chi connectivity index (χ0v) is 16.3. The molecule has 0 bridgehead atoms. The Balaban J connectivity index is 1.55. The van der Waals surface area contributed by atoms with Crippen molar-refractivity contribution in [3.05, 3.63) is 70.8 Å². The molecule has 0 saturated heterocycles. The van der Waals surface area contributed by atoms with Gasteiger partial charge in [-0.05, 0) is 35.5 Å². The van der Waals surface area contributed by atoms with E-state index in [9.17, 15) is 8.78 Å². The number of halogens is 3. The SMILES string of the molecule is CC(Cc1nnc(-c2cc(F)cc(F)c2)n1C)c1nnn(-c2cccc(Cl)c2)n1. The summed E-state index contributed by atoms with van der Waals surface area (Å²) in [6, 6.07) is 10.4. The fourth-order valence-corrected chi connectivity index (χ4v) is 3.16. The molecular weight excluding hydrogens is 400 g/mol. The van der Waals surface area contributed by atoms with Crippen LogP contribution in [-0.2, 0) is 13.5 Å². The molecule has 2 aromatic heterocycles. The molecule has 148 valence electrons. The summed E-state index contributed by atoms with van der Waals surface area (Å²) in [6.45, 7) is 1.94. The first-order valence-corrected chi connectivity index (χ1v) is 9.19. The van der Waals surface area contributed by atoms with Crippen LogP contribution in [-0.4, -0.2) is 35.0 Å². The van der Waals surface area contributed by atoms with Crippen molar-refractivity contribution in [2.75, 3.05) is 0 Å². The maximum absolute atomic E-state index is 13.5. The van der Waals surface area contributed by atoms with E-state index in [2.05, 4.69) is 25.6 Å². The molecule has 0 aliphatic heterocycles. The number of hydrogen-bond donors (Lipinski definition) is 0. The molecule has 4 rings (SSSR count). The van der Waals surface area contributed by atoms with Gasteiger partial charge in [-0.2, -0.15) is 0 Å². The summed E-state index contributed by atoms with van der Waals surface area (Å²) in [7, 11) is 1.75. The van der Waals surface area contributed by atoms with Crippen molar-refractivity contribution in [3.8, 4) is 17.1 Å². The monoisotopic (exact) mass is 415 g/mol. The van der Waals surface area contributed by atoms with Crippen LogP contribution in [0.3, 0.4) is 0 Å². The molecule has 0 N–H and O–H groups in total. The minimum Gasteiger partial charge on any atom is -0.314 e. The van der Waals surface area contributed by atoms with Gasteiger partial charge < -0.3 is 4.57 Å². The molecule has 0 saturated carbocycles. The molecule has 4 aromatic rings. The van der Waals surface area contributed by atoms with Crippen molar-refractivity contribution >= 4 is 11.6 Å². The lowest BCUT2D eigenvalue weighted by Crippen LogP contribution is -2.07. The van der Waals surface area contributed by atoms with Crippen molar-refractivity contribution < 1.29 is 8.78 Å². The Bertz CT molecular complexity index is 1150. The zero-order valence-electron chi connectivity index (χ0n) is 15.6. The van der Waals surface area contributed by atoms with Crippen molar-refractivity contribution in [1.29, 1.82) is 0 Å². The lowest BCUT2D eigenvalue weighted by Gasteiger charge is -2.08. The van der Waals surface area contributed by atoms with Gasteiger partial charge in [0.1, 0.15) is 17.5 Å². The first-order chi connectivity index (χ1) is 13.9. The molecule has 2 heterocycles. The van der Waals surface area contributed by atoms with Gasteiger partial charge in [0.2, 0.25) is 0 Å². The van der Waals surface area contributed by atoms with Crippen LogP contribution in [0.1, 0.15) is 24.5 Å². The van der Waals surface area contributed by atoms with Crippen molar-refractivity contribution in [2.45, 2.75) is 19.3 Å². The van der Waals surface area contributed by atoms with E-state index in [1.165, 1.54) is 16.9 Å². The normalized spacial score (nSPS) is 12.3. The molecule has 0 aliphatic rings. The standard InChI is InChI=1S/C19H16ClF2N7/c1-11(18-24-27-29(26-18)16-5-3-4-13(20)9-16)6-17-23-25-19(28(17)2)12-7-14(21)10-15(22)8-12/h3-5,7-11H,6H2,1-2H3. The fraction of sp³-hybridized carbons (Fsp3) is 0.211. The molecule has 1 atom stereocenters. The van der Waals surface area contributed by atoms with Crippen molar-refractivity contribution in [1.82, 2.24) is 35.0 Å². The molecule has 0 spiro atoms. The summed E-state index contributed by atoms with van der Waals surface area (Å²) in [5.41, 5.74) is 1.03. The number of aromatic nitrogens is 7. The lowest BCUT2D eigenvalue weighted by molar-refractivity contribution is 0.583. The van der Waals surface area contributed by atoms with Crippen LogP contribution in [0.4, 0.5) is 8.78 Å². The summed E-state index contributed by atoms with van der Waals surface area (Å²) < 4.78 is 28.7. The number of nitrogens with zero attached hydrogens (tertiary/aromatic N) is 7. The molecule has 0 fully saturated rings. The van der Waals surface area contributed by atoms with Crippen LogP contribution in [0.15, 0.2) is 42.5 Å². The van der Waals surface area contributed by atoms with Gasteiger partial charge in [0.15, 0.2) is 11.6 Å². The van der Waals surface area contributed by atoms with Gasteiger partial charge in [-0.3, -0.25) is 0 Å². The van der Waals surface area contributed by atoms with E-state index in [-0.39, 0.29) is 5.92 Å². The van der Waals surface area contributed by atoms with Crippen molar-refractivity contribution in [2.24, 2.45) is 7.05 Å². The Morgan fingerprint density at radius 1 is 1.03 bits per heavy atom. The second-order valence-corrected chi connectivity index (χ2v) is 7.12. The maximum Gasteiger partial charge on any atom is 0.178 e. The van der Waals surface area contributed by atoms with Crippen LogP contribution >= 0.6 is 11.6 Å². The minimum absolute atomic E-state index is 0.108. The number of benzene rings is 2. The molecule has 0 amide bonds. The second-order valence-electron chi connectivity index (χ2n) is 6.68. The summed E-state index contributed by atoms with van der Waals surface area (Å²) in [6.07, 6.45) is 0.475. The molecule has 7 nitrogen and oxygen atoms in total. The minimum atomic E-state index is -0.667. The lowest BCUT2D eigenvalue weighted by atomic mass is 10.1. The van der Waals surface area contributed by atoms with Gasteiger partial charge in [0.25, 0.3) is 0 Å². The number of hydrogen-bond acceptors (Lipinski definition) is 5. The molecule has 29 heavy (non-hydrogen) atoms. The maximum atomic E-state index is 13.5. The average Bonchev–Trinajstić information content (AvgIpc) is 3.29. The highest BCUT2D eigenvalue weighted by molar-refractivity contribution is 6.30. The van der Waals surface area contributed by atoms with Gasteiger partial charge in [0, 0.05) is 36.0 Å². The largest absolute Gasteiger partial charge is 0.314 e. The van der Waals surface area contributed by atoms with Gasteiger partial charge in [-0.15, -0.1) is 25.2 Å². The van der Waals surface area contributed by atoms with Crippen LogP contribution in [0.25, 0.3) is 17.1 Å². The second kappa shape index (κ2) is 7.67. The highest BCUT2D eigenvalue weighted by Gasteiger charge is 2.19. The molecular formula is C19H16ClF2N7. The Labute approximate surface area is 170 Å². The number of tetrazole rings is 1. The molecule has 2 aromatic carbocycles. The fourth-order valence-electron chi connectivity index (χ4n) is 2.97. The van der Waals surface area contributed by atoms with E-state index in [0.29, 0.717) is 40.2 Å². The van der Waals surface area contributed by atoms with E-state index >= 15 is 0 Å². The first-order valence-electron chi connectivity index (χ1n) is 8.81. The molecule has 0 radical (unpaired) electrons. The summed E-state index contributed by atoms with van der Waals surface area (Å²) in [5.74, 6) is 0.103. The molecule has 10 heteroatoms. The predicted molar refractivity (Wildman–Crippen MR) is 103 cm³/mol. The van der Waals surface area contributed by atoms with Crippen LogP contribution in [0.2, 0.25) is 5.02 Å². The Morgan fingerprint density at radius 3 is 2.52 bits per heavy atom. The van der Waals surface area contributed by atoms with Crippen LogP contribution in [0, 0.1) is 11.6 Å². The van der Waals surface area contributed by atoms with Gasteiger partial charge in [-0.25, -0.2) is 8.78 Å². The quantitative estimate of drug-likeness (QED) is 0.496. The highest BCUT2D eigenvalue weighted by atomic mass is 35.5. The van der Waals surface area contributed by atoms with Gasteiger partial charge in [0.05, 0.1) is 5.69 Å². The smallest absolute Gasteiger partial charge is 0.178 e. The van der Waals surface area contributed by atoms with E-state index in [1.54, 1.807) is 29.8 Å². The first kappa shape index (κ1) is 19.1. The Morgan fingerprint density at radius 2 is 1.79 bits per heavy atom. The predicted octanol–water partition coefficient (Wildman–Crippen LogP) is 3.74. The highest BCUT2D eigenvalue weighted by Crippen LogP contribution is 2.23.